The van der Waals surface area contributed by atoms with Crippen LogP contribution in [-0.4, -0.2) is 19.1 Å². The van der Waals surface area contributed by atoms with Crippen molar-refractivity contribution in [2.45, 2.75) is 13.5 Å². The van der Waals surface area contributed by atoms with Crippen LogP contribution in [0.4, 0.5) is 11.4 Å². The number of amides is 1. The van der Waals surface area contributed by atoms with E-state index in [9.17, 15) is 4.79 Å². The molecule has 0 spiro atoms. The third-order valence-electron chi connectivity index (χ3n) is 3.34. The van der Waals surface area contributed by atoms with E-state index in [0.717, 1.165) is 16.9 Å². The fourth-order valence-corrected chi connectivity index (χ4v) is 2.67. The van der Waals surface area contributed by atoms with Crippen LogP contribution in [0, 0.1) is 0 Å². The molecule has 0 radical (unpaired) electrons. The van der Waals surface area contributed by atoms with Crippen LogP contribution in [0.25, 0.3) is 0 Å². The smallest absolute Gasteiger partial charge is 0.221 e. The van der Waals surface area contributed by atoms with E-state index in [1.165, 1.54) is 6.92 Å². The van der Waals surface area contributed by atoms with Crippen molar-refractivity contribution in [2.75, 3.05) is 23.8 Å². The first-order valence-electron chi connectivity index (χ1n) is 7.31. The zero-order valence-electron chi connectivity index (χ0n) is 12.7. The molecule has 0 bridgehead atoms. The average Bonchev–Trinajstić information content (AvgIpc) is 2.53. The zero-order chi connectivity index (χ0) is 16.2. The number of ether oxygens (including phenoxy) is 2. The van der Waals surface area contributed by atoms with Gasteiger partial charge in [0.25, 0.3) is 0 Å². The zero-order valence-corrected chi connectivity index (χ0v) is 13.4. The fourth-order valence-electron chi connectivity index (χ4n) is 2.38. The molecule has 0 unspecified atom stereocenters. The first-order chi connectivity index (χ1) is 11.1. The molecule has 0 atom stereocenters. The number of nitrogens with one attached hydrogen (secondary N) is 2. The SMILES string of the molecule is CC(=O)Nc1cccc(NCc2cc(Cl)c3c(c2)OCCO3)c1. The van der Waals surface area contributed by atoms with Crippen molar-refractivity contribution in [2.24, 2.45) is 0 Å². The number of fused-ring (bicyclic) bond motifs is 1. The summed E-state index contributed by atoms with van der Waals surface area (Å²) < 4.78 is 11.1. The summed E-state index contributed by atoms with van der Waals surface area (Å²) in [7, 11) is 0. The summed E-state index contributed by atoms with van der Waals surface area (Å²) in [6, 6.07) is 11.3. The molecule has 120 valence electrons. The molecule has 2 aromatic rings. The van der Waals surface area contributed by atoms with Crippen molar-refractivity contribution in [3.63, 3.8) is 0 Å². The topological polar surface area (TPSA) is 59.6 Å². The third kappa shape index (κ3) is 3.87. The summed E-state index contributed by atoms with van der Waals surface area (Å²) >= 11 is 6.23. The van der Waals surface area contributed by atoms with Gasteiger partial charge < -0.3 is 20.1 Å². The lowest BCUT2D eigenvalue weighted by atomic mass is 10.2. The second-order valence-electron chi connectivity index (χ2n) is 5.22. The van der Waals surface area contributed by atoms with Crippen LogP contribution in [0.1, 0.15) is 12.5 Å². The van der Waals surface area contributed by atoms with E-state index in [0.29, 0.717) is 36.3 Å². The van der Waals surface area contributed by atoms with Crippen LogP contribution in [-0.2, 0) is 11.3 Å². The van der Waals surface area contributed by atoms with Gasteiger partial charge in [0, 0.05) is 24.8 Å². The molecule has 0 aromatic heterocycles. The Bertz CT molecular complexity index is 734. The highest BCUT2D eigenvalue weighted by Gasteiger charge is 2.16. The number of hydrogen-bond donors (Lipinski definition) is 2. The van der Waals surface area contributed by atoms with E-state index < -0.39 is 0 Å². The van der Waals surface area contributed by atoms with Gasteiger partial charge in [-0.25, -0.2) is 0 Å². The molecule has 23 heavy (non-hydrogen) atoms. The molecule has 0 saturated heterocycles. The average molecular weight is 333 g/mol. The van der Waals surface area contributed by atoms with Crippen molar-refractivity contribution >= 4 is 28.9 Å². The van der Waals surface area contributed by atoms with Crippen molar-refractivity contribution in [3.8, 4) is 11.5 Å². The van der Waals surface area contributed by atoms with Gasteiger partial charge in [-0.2, -0.15) is 0 Å². The molecule has 6 heteroatoms. The normalized spacial score (nSPS) is 12.6. The summed E-state index contributed by atoms with van der Waals surface area (Å²) in [4.78, 5) is 11.1. The van der Waals surface area contributed by atoms with Gasteiger partial charge in [0.1, 0.15) is 13.2 Å². The third-order valence-corrected chi connectivity index (χ3v) is 3.62. The summed E-state index contributed by atoms with van der Waals surface area (Å²) in [5, 5.41) is 6.61. The Morgan fingerprint density at radius 1 is 1.17 bits per heavy atom. The van der Waals surface area contributed by atoms with Gasteiger partial charge in [-0.3, -0.25) is 4.79 Å². The van der Waals surface area contributed by atoms with Gasteiger partial charge in [-0.1, -0.05) is 17.7 Å². The second kappa shape index (κ2) is 6.79. The number of rotatable bonds is 4. The minimum absolute atomic E-state index is 0.0965. The number of anilines is 2. The molecular weight excluding hydrogens is 316 g/mol. The lowest BCUT2D eigenvalue weighted by Crippen LogP contribution is -2.16. The number of carbonyl (C=O) groups is 1. The summed E-state index contributed by atoms with van der Waals surface area (Å²) in [6.07, 6.45) is 0. The van der Waals surface area contributed by atoms with Crippen molar-refractivity contribution in [1.82, 2.24) is 0 Å². The Labute approximate surface area is 139 Å². The highest BCUT2D eigenvalue weighted by atomic mass is 35.5. The Balaban J connectivity index is 1.71. The van der Waals surface area contributed by atoms with Gasteiger partial charge >= 0.3 is 0 Å². The molecule has 0 aliphatic carbocycles. The molecule has 5 nitrogen and oxygen atoms in total. The Hall–Kier alpha value is -2.40. The van der Waals surface area contributed by atoms with Crippen LogP contribution >= 0.6 is 11.6 Å². The van der Waals surface area contributed by atoms with E-state index in [4.69, 9.17) is 21.1 Å². The first-order valence-corrected chi connectivity index (χ1v) is 7.69. The lowest BCUT2D eigenvalue weighted by Gasteiger charge is -2.20. The summed E-state index contributed by atoms with van der Waals surface area (Å²) in [5.74, 6) is 1.18. The van der Waals surface area contributed by atoms with Crippen LogP contribution in [0.5, 0.6) is 11.5 Å². The van der Waals surface area contributed by atoms with Crippen LogP contribution in [0.15, 0.2) is 36.4 Å². The van der Waals surface area contributed by atoms with E-state index in [1.807, 2.05) is 36.4 Å². The van der Waals surface area contributed by atoms with Gasteiger partial charge in [-0.05, 0) is 35.9 Å². The fraction of sp³-hybridized carbons (Fsp3) is 0.235. The monoisotopic (exact) mass is 332 g/mol. The van der Waals surface area contributed by atoms with Crippen LogP contribution < -0.4 is 20.1 Å². The van der Waals surface area contributed by atoms with Gasteiger partial charge in [0.2, 0.25) is 5.91 Å². The van der Waals surface area contributed by atoms with Gasteiger partial charge in [0.05, 0.1) is 5.02 Å². The van der Waals surface area contributed by atoms with Crippen LogP contribution in [0.2, 0.25) is 5.02 Å². The predicted molar refractivity (Wildman–Crippen MR) is 90.5 cm³/mol. The van der Waals surface area contributed by atoms with Crippen molar-refractivity contribution in [3.05, 3.63) is 47.0 Å². The summed E-state index contributed by atoms with van der Waals surface area (Å²) in [6.45, 7) is 3.11. The number of benzene rings is 2. The predicted octanol–water partition coefficient (Wildman–Crippen LogP) is 3.68. The number of halogens is 1. The largest absolute Gasteiger partial charge is 0.486 e. The quantitative estimate of drug-likeness (QED) is 0.896. The maximum absolute atomic E-state index is 11.1. The summed E-state index contributed by atoms with van der Waals surface area (Å²) in [5.41, 5.74) is 2.65. The Morgan fingerprint density at radius 2 is 1.96 bits per heavy atom. The molecule has 0 saturated carbocycles. The van der Waals surface area contributed by atoms with Crippen molar-refractivity contribution < 1.29 is 14.3 Å². The Kier molecular flexibility index (Phi) is 4.57. The molecule has 1 aliphatic heterocycles. The Morgan fingerprint density at radius 3 is 2.78 bits per heavy atom. The molecule has 1 heterocycles. The first kappa shape index (κ1) is 15.5. The highest BCUT2D eigenvalue weighted by Crippen LogP contribution is 2.38. The van der Waals surface area contributed by atoms with E-state index in [2.05, 4.69) is 10.6 Å². The maximum Gasteiger partial charge on any atom is 0.221 e. The van der Waals surface area contributed by atoms with E-state index in [1.54, 1.807) is 0 Å². The second-order valence-corrected chi connectivity index (χ2v) is 5.62. The minimum Gasteiger partial charge on any atom is -0.486 e. The molecule has 3 rings (SSSR count). The van der Waals surface area contributed by atoms with Crippen LogP contribution in [0.3, 0.4) is 0 Å². The molecule has 1 amide bonds. The molecule has 2 N–H and O–H groups in total. The standard InChI is InChI=1S/C17H17ClN2O3/c1-11(21)20-14-4-2-3-13(9-14)19-10-12-7-15(18)17-16(8-12)22-5-6-23-17/h2-4,7-9,19H,5-6,10H2,1H3,(H,20,21). The minimum atomic E-state index is -0.0965. The molecule has 0 fully saturated rings. The molecule has 2 aromatic carbocycles. The number of hydrogen-bond acceptors (Lipinski definition) is 4. The van der Waals surface area contributed by atoms with E-state index >= 15 is 0 Å². The molecular formula is C17H17ClN2O3. The van der Waals surface area contributed by atoms with E-state index in [-0.39, 0.29) is 5.91 Å². The number of carbonyl (C=O) groups excluding carboxylic acids is 1. The lowest BCUT2D eigenvalue weighted by molar-refractivity contribution is -0.114. The maximum atomic E-state index is 11.1. The van der Waals surface area contributed by atoms with Gasteiger partial charge in [0.15, 0.2) is 11.5 Å². The van der Waals surface area contributed by atoms with Crippen molar-refractivity contribution in [1.29, 1.82) is 0 Å². The molecule has 1 aliphatic rings. The van der Waals surface area contributed by atoms with Gasteiger partial charge in [-0.15, -0.1) is 0 Å². The highest BCUT2D eigenvalue weighted by molar-refractivity contribution is 6.32.